The van der Waals surface area contributed by atoms with Gasteiger partial charge in [-0.15, -0.1) is 0 Å². The highest BCUT2D eigenvalue weighted by Crippen LogP contribution is 1.78. The maximum atomic E-state index is 10.3. The fourth-order valence-electron chi connectivity index (χ4n) is 0.778. The van der Waals surface area contributed by atoms with Crippen LogP contribution in [0.15, 0.2) is 12.3 Å². The zero-order valence-corrected chi connectivity index (χ0v) is 8.51. The summed E-state index contributed by atoms with van der Waals surface area (Å²) in [6.07, 6.45) is 0. The van der Waals surface area contributed by atoms with Crippen LogP contribution in [0.5, 0.6) is 0 Å². The quantitative estimate of drug-likeness (QED) is 0.428. The lowest BCUT2D eigenvalue weighted by atomic mass is 10.5. The molecule has 1 amide bonds. The minimum Gasteiger partial charge on any atom is -0.503 e. The Kier molecular flexibility index (Phi) is 7.87. The van der Waals surface area contributed by atoms with Gasteiger partial charge in [0.1, 0.15) is 0 Å². The van der Waals surface area contributed by atoms with Gasteiger partial charge in [-0.05, 0) is 6.92 Å². The van der Waals surface area contributed by atoms with Crippen molar-refractivity contribution in [1.29, 1.82) is 0 Å². The van der Waals surface area contributed by atoms with E-state index in [9.17, 15) is 4.79 Å². The van der Waals surface area contributed by atoms with Crippen molar-refractivity contribution in [3.05, 3.63) is 12.3 Å². The molecule has 0 saturated carbocycles. The Morgan fingerprint density at radius 2 is 2.14 bits per heavy atom. The fourth-order valence-corrected chi connectivity index (χ4v) is 0.778. The number of carbonyl (C=O) groups is 1. The SMILES string of the molecule is C1COCCN1.C=C(O)C(=O)NCC. The summed E-state index contributed by atoms with van der Waals surface area (Å²) in [6.45, 7) is 9.13. The number of likely N-dealkylation sites (N-methyl/N-ethyl adjacent to an activating group) is 1. The molecule has 3 N–H and O–H groups in total. The van der Waals surface area contributed by atoms with Crippen LogP contribution in [-0.4, -0.2) is 43.9 Å². The van der Waals surface area contributed by atoms with Gasteiger partial charge in [0, 0.05) is 19.6 Å². The second-order valence-corrected chi connectivity index (χ2v) is 2.67. The standard InChI is InChI=1S/C5H9NO2.C4H9NO/c1-3-6-5(8)4(2)7;1-3-6-4-2-5-1/h7H,2-3H2,1H3,(H,6,8);5H,1-4H2. The summed E-state index contributed by atoms with van der Waals surface area (Å²) in [6, 6.07) is 0. The lowest BCUT2D eigenvalue weighted by Crippen LogP contribution is -2.30. The van der Waals surface area contributed by atoms with Crippen LogP contribution >= 0.6 is 0 Å². The molecule has 5 nitrogen and oxygen atoms in total. The summed E-state index contributed by atoms with van der Waals surface area (Å²) in [5.41, 5.74) is 0. The number of rotatable bonds is 2. The van der Waals surface area contributed by atoms with Crippen molar-refractivity contribution in [3.8, 4) is 0 Å². The Labute approximate surface area is 84.1 Å². The highest BCUT2D eigenvalue weighted by Gasteiger charge is 1.98. The second-order valence-electron chi connectivity index (χ2n) is 2.67. The van der Waals surface area contributed by atoms with Gasteiger partial charge in [-0.25, -0.2) is 0 Å². The summed E-state index contributed by atoms with van der Waals surface area (Å²) in [7, 11) is 0. The summed E-state index contributed by atoms with van der Waals surface area (Å²) in [5, 5.41) is 13.9. The third-order valence-corrected chi connectivity index (χ3v) is 1.45. The molecule has 0 aliphatic carbocycles. The molecule has 0 aromatic heterocycles. The van der Waals surface area contributed by atoms with Gasteiger partial charge in [0.2, 0.25) is 0 Å². The predicted octanol–water partition coefficient (Wildman–Crippen LogP) is -0.200. The van der Waals surface area contributed by atoms with E-state index in [1.54, 1.807) is 6.92 Å². The number of morpholine rings is 1. The zero-order valence-electron chi connectivity index (χ0n) is 8.51. The van der Waals surface area contributed by atoms with Crippen molar-refractivity contribution in [2.75, 3.05) is 32.8 Å². The molecule has 0 bridgehead atoms. The Bertz CT molecular complexity index is 167. The Hall–Kier alpha value is -1.07. The molecule has 0 radical (unpaired) electrons. The molecule has 1 aliphatic heterocycles. The van der Waals surface area contributed by atoms with Gasteiger partial charge in [-0.2, -0.15) is 0 Å². The van der Waals surface area contributed by atoms with Crippen molar-refractivity contribution in [2.45, 2.75) is 6.92 Å². The largest absolute Gasteiger partial charge is 0.503 e. The molecule has 1 rings (SSSR count). The monoisotopic (exact) mass is 202 g/mol. The smallest absolute Gasteiger partial charge is 0.285 e. The van der Waals surface area contributed by atoms with Crippen molar-refractivity contribution >= 4 is 5.91 Å². The van der Waals surface area contributed by atoms with E-state index in [-0.39, 0.29) is 0 Å². The van der Waals surface area contributed by atoms with Gasteiger partial charge in [0.25, 0.3) is 5.91 Å². The van der Waals surface area contributed by atoms with Gasteiger partial charge >= 0.3 is 0 Å². The van der Waals surface area contributed by atoms with E-state index in [1.807, 2.05) is 0 Å². The number of carbonyl (C=O) groups excluding carboxylic acids is 1. The molecule has 1 saturated heterocycles. The van der Waals surface area contributed by atoms with E-state index in [2.05, 4.69) is 17.2 Å². The molecule has 1 fully saturated rings. The van der Waals surface area contributed by atoms with E-state index >= 15 is 0 Å². The predicted molar refractivity (Wildman–Crippen MR) is 54.1 cm³/mol. The molecule has 1 aliphatic rings. The molecular weight excluding hydrogens is 184 g/mol. The first-order valence-electron chi connectivity index (χ1n) is 4.63. The van der Waals surface area contributed by atoms with Gasteiger partial charge in [0.05, 0.1) is 13.2 Å². The third-order valence-electron chi connectivity index (χ3n) is 1.45. The van der Waals surface area contributed by atoms with Crippen LogP contribution in [0.3, 0.4) is 0 Å². The first kappa shape index (κ1) is 12.9. The van der Waals surface area contributed by atoms with E-state index < -0.39 is 11.7 Å². The molecular formula is C9H18N2O3. The average molecular weight is 202 g/mol. The first-order chi connectivity index (χ1) is 6.68. The van der Waals surface area contributed by atoms with E-state index in [0.29, 0.717) is 6.54 Å². The number of aliphatic hydroxyl groups is 1. The molecule has 0 atom stereocenters. The van der Waals surface area contributed by atoms with E-state index in [4.69, 9.17) is 9.84 Å². The van der Waals surface area contributed by atoms with Crippen LogP contribution in [0.1, 0.15) is 6.92 Å². The highest BCUT2D eigenvalue weighted by atomic mass is 16.5. The lowest BCUT2D eigenvalue weighted by Gasteiger charge is -2.10. The molecule has 14 heavy (non-hydrogen) atoms. The lowest BCUT2D eigenvalue weighted by molar-refractivity contribution is -0.119. The average Bonchev–Trinajstić information content (AvgIpc) is 2.21. The number of aliphatic hydroxyl groups excluding tert-OH is 1. The van der Waals surface area contributed by atoms with Crippen molar-refractivity contribution in [1.82, 2.24) is 10.6 Å². The number of hydrogen-bond acceptors (Lipinski definition) is 4. The van der Waals surface area contributed by atoms with Crippen LogP contribution in [0.2, 0.25) is 0 Å². The normalized spacial score (nSPS) is 14.9. The summed E-state index contributed by atoms with van der Waals surface area (Å²) >= 11 is 0. The summed E-state index contributed by atoms with van der Waals surface area (Å²) in [5.74, 6) is -0.945. The molecule has 0 spiro atoms. The van der Waals surface area contributed by atoms with Gasteiger partial charge in [-0.3, -0.25) is 4.79 Å². The number of hydrogen-bond donors (Lipinski definition) is 3. The first-order valence-corrected chi connectivity index (χ1v) is 4.63. The minimum absolute atomic E-state index is 0.438. The van der Waals surface area contributed by atoms with E-state index in [0.717, 1.165) is 26.3 Å². The Morgan fingerprint density at radius 3 is 2.29 bits per heavy atom. The molecule has 0 aromatic rings. The van der Waals surface area contributed by atoms with Gasteiger partial charge in [-0.1, -0.05) is 6.58 Å². The van der Waals surface area contributed by atoms with Crippen molar-refractivity contribution in [2.24, 2.45) is 0 Å². The van der Waals surface area contributed by atoms with Crippen LogP contribution in [0.4, 0.5) is 0 Å². The maximum Gasteiger partial charge on any atom is 0.285 e. The molecule has 0 unspecified atom stereocenters. The second kappa shape index (κ2) is 8.52. The topological polar surface area (TPSA) is 70.6 Å². The third kappa shape index (κ3) is 7.57. The van der Waals surface area contributed by atoms with Crippen LogP contribution in [-0.2, 0) is 9.53 Å². The van der Waals surface area contributed by atoms with Crippen LogP contribution in [0, 0.1) is 0 Å². The Balaban J connectivity index is 0.000000249. The molecule has 5 heteroatoms. The van der Waals surface area contributed by atoms with Gasteiger partial charge < -0.3 is 20.5 Å². The minimum atomic E-state index is -0.507. The molecule has 82 valence electrons. The van der Waals surface area contributed by atoms with Crippen molar-refractivity contribution in [3.63, 3.8) is 0 Å². The number of amides is 1. The van der Waals surface area contributed by atoms with Crippen LogP contribution in [0.25, 0.3) is 0 Å². The maximum absolute atomic E-state index is 10.3. The van der Waals surface area contributed by atoms with Gasteiger partial charge in [0.15, 0.2) is 5.76 Å². The zero-order chi connectivity index (χ0) is 10.8. The summed E-state index contributed by atoms with van der Waals surface area (Å²) in [4.78, 5) is 10.3. The van der Waals surface area contributed by atoms with E-state index in [1.165, 1.54) is 0 Å². The number of ether oxygens (including phenoxy) is 1. The molecule has 0 aromatic carbocycles. The highest BCUT2D eigenvalue weighted by molar-refractivity contribution is 5.90. The summed E-state index contributed by atoms with van der Waals surface area (Å²) < 4.78 is 5.01. The van der Waals surface area contributed by atoms with Crippen molar-refractivity contribution < 1.29 is 14.6 Å². The molecule has 1 heterocycles. The Morgan fingerprint density at radius 1 is 1.57 bits per heavy atom. The number of nitrogens with one attached hydrogen (secondary N) is 2. The van der Waals surface area contributed by atoms with Crippen LogP contribution < -0.4 is 10.6 Å². The fraction of sp³-hybridized carbons (Fsp3) is 0.667.